The predicted octanol–water partition coefficient (Wildman–Crippen LogP) is 2.41. The standard InChI is InChI=1S/C11H17NO2S/c1-3-15-7-6-14-11-8-9(12)4-5-10(11)13-2/h4-5,8H,3,6-7,12H2,1-2H3. The number of benzene rings is 1. The molecule has 0 bridgehead atoms. The minimum absolute atomic E-state index is 0.679. The molecule has 0 atom stereocenters. The van der Waals surface area contributed by atoms with E-state index in [1.807, 2.05) is 17.8 Å². The van der Waals surface area contributed by atoms with Crippen molar-refractivity contribution in [3.63, 3.8) is 0 Å². The molecule has 0 saturated carbocycles. The average Bonchev–Trinajstić information content (AvgIpc) is 2.25. The Hall–Kier alpha value is -1.03. The Morgan fingerprint density at radius 3 is 2.80 bits per heavy atom. The first-order chi connectivity index (χ1) is 7.27. The molecular weight excluding hydrogens is 210 g/mol. The van der Waals surface area contributed by atoms with Crippen molar-refractivity contribution in [3.8, 4) is 11.5 Å². The molecule has 0 fully saturated rings. The second kappa shape index (κ2) is 6.45. The van der Waals surface area contributed by atoms with E-state index in [0.717, 1.165) is 17.3 Å². The van der Waals surface area contributed by atoms with Crippen LogP contribution < -0.4 is 15.2 Å². The molecule has 0 heterocycles. The maximum atomic E-state index is 5.67. The van der Waals surface area contributed by atoms with Crippen molar-refractivity contribution < 1.29 is 9.47 Å². The molecule has 1 aromatic rings. The van der Waals surface area contributed by atoms with Crippen molar-refractivity contribution in [1.29, 1.82) is 0 Å². The molecule has 0 saturated heterocycles. The number of hydrogen-bond acceptors (Lipinski definition) is 4. The Bertz CT molecular complexity index is 305. The highest BCUT2D eigenvalue weighted by molar-refractivity contribution is 7.99. The van der Waals surface area contributed by atoms with Crippen molar-refractivity contribution in [3.05, 3.63) is 18.2 Å². The molecule has 15 heavy (non-hydrogen) atoms. The smallest absolute Gasteiger partial charge is 0.163 e. The molecule has 84 valence electrons. The summed E-state index contributed by atoms with van der Waals surface area (Å²) in [5.41, 5.74) is 6.36. The van der Waals surface area contributed by atoms with Crippen LogP contribution in [-0.4, -0.2) is 25.2 Å². The Kier molecular flexibility index (Phi) is 5.18. The van der Waals surface area contributed by atoms with Crippen LogP contribution in [0.5, 0.6) is 11.5 Å². The number of ether oxygens (including phenoxy) is 2. The van der Waals surface area contributed by atoms with Gasteiger partial charge in [-0.3, -0.25) is 0 Å². The molecule has 0 spiro atoms. The van der Waals surface area contributed by atoms with Crippen molar-refractivity contribution in [1.82, 2.24) is 0 Å². The number of rotatable bonds is 6. The lowest BCUT2D eigenvalue weighted by Crippen LogP contribution is -2.02. The minimum atomic E-state index is 0.679. The van der Waals surface area contributed by atoms with E-state index in [9.17, 15) is 0 Å². The number of nitrogens with two attached hydrogens (primary N) is 1. The molecular formula is C11H17NO2S. The minimum Gasteiger partial charge on any atom is -0.493 e. The number of methoxy groups -OCH3 is 1. The second-order valence-electron chi connectivity index (χ2n) is 2.96. The summed E-state index contributed by atoms with van der Waals surface area (Å²) in [6.07, 6.45) is 0. The molecule has 0 amide bonds. The monoisotopic (exact) mass is 227 g/mol. The van der Waals surface area contributed by atoms with Crippen molar-refractivity contribution in [2.75, 3.05) is 31.0 Å². The van der Waals surface area contributed by atoms with Gasteiger partial charge in [-0.15, -0.1) is 0 Å². The lowest BCUT2D eigenvalue weighted by Gasteiger charge is -2.10. The van der Waals surface area contributed by atoms with E-state index in [0.29, 0.717) is 18.0 Å². The first-order valence-corrected chi connectivity index (χ1v) is 6.07. The van der Waals surface area contributed by atoms with Gasteiger partial charge in [0, 0.05) is 17.5 Å². The van der Waals surface area contributed by atoms with E-state index >= 15 is 0 Å². The van der Waals surface area contributed by atoms with Gasteiger partial charge >= 0.3 is 0 Å². The van der Waals surface area contributed by atoms with Gasteiger partial charge in [-0.25, -0.2) is 0 Å². The SMILES string of the molecule is CCSCCOc1cc(N)ccc1OC. The fourth-order valence-corrected chi connectivity index (χ4v) is 1.65. The highest BCUT2D eigenvalue weighted by Crippen LogP contribution is 2.28. The quantitative estimate of drug-likeness (QED) is 0.598. The zero-order valence-corrected chi connectivity index (χ0v) is 9.97. The lowest BCUT2D eigenvalue weighted by atomic mass is 10.3. The van der Waals surface area contributed by atoms with E-state index in [1.54, 1.807) is 19.2 Å². The van der Waals surface area contributed by atoms with Gasteiger partial charge in [-0.1, -0.05) is 6.92 Å². The Balaban J connectivity index is 2.54. The van der Waals surface area contributed by atoms with E-state index in [4.69, 9.17) is 15.2 Å². The van der Waals surface area contributed by atoms with E-state index in [1.165, 1.54) is 0 Å². The van der Waals surface area contributed by atoms with Crippen LogP contribution in [0.2, 0.25) is 0 Å². The van der Waals surface area contributed by atoms with E-state index in [-0.39, 0.29) is 0 Å². The van der Waals surface area contributed by atoms with Crippen molar-refractivity contribution in [2.45, 2.75) is 6.92 Å². The van der Waals surface area contributed by atoms with Gasteiger partial charge in [-0.05, 0) is 17.9 Å². The van der Waals surface area contributed by atoms with Crippen LogP contribution in [0.25, 0.3) is 0 Å². The first kappa shape index (κ1) is 12.0. The Morgan fingerprint density at radius 1 is 1.33 bits per heavy atom. The van der Waals surface area contributed by atoms with Crippen LogP contribution >= 0.6 is 11.8 Å². The third kappa shape index (κ3) is 3.91. The number of anilines is 1. The third-order valence-corrected chi connectivity index (χ3v) is 2.74. The summed E-state index contributed by atoms with van der Waals surface area (Å²) in [7, 11) is 1.62. The second-order valence-corrected chi connectivity index (χ2v) is 4.35. The molecule has 0 radical (unpaired) electrons. The van der Waals surface area contributed by atoms with Crippen LogP contribution in [0.4, 0.5) is 5.69 Å². The first-order valence-electron chi connectivity index (χ1n) is 4.92. The Labute approximate surface area is 94.9 Å². The van der Waals surface area contributed by atoms with Gasteiger partial charge in [0.2, 0.25) is 0 Å². The molecule has 3 nitrogen and oxygen atoms in total. The third-order valence-electron chi connectivity index (χ3n) is 1.88. The topological polar surface area (TPSA) is 44.5 Å². The van der Waals surface area contributed by atoms with Crippen LogP contribution in [0.1, 0.15) is 6.92 Å². The summed E-state index contributed by atoms with van der Waals surface area (Å²) >= 11 is 1.85. The van der Waals surface area contributed by atoms with Crippen molar-refractivity contribution >= 4 is 17.4 Å². The number of thioether (sulfide) groups is 1. The maximum absolute atomic E-state index is 5.67. The molecule has 0 aromatic heterocycles. The zero-order valence-electron chi connectivity index (χ0n) is 9.16. The summed E-state index contributed by atoms with van der Waals surface area (Å²) in [6.45, 7) is 2.81. The van der Waals surface area contributed by atoms with E-state index < -0.39 is 0 Å². The van der Waals surface area contributed by atoms with Gasteiger partial charge in [0.1, 0.15) is 0 Å². The number of hydrogen-bond donors (Lipinski definition) is 1. The molecule has 4 heteroatoms. The predicted molar refractivity (Wildman–Crippen MR) is 65.9 cm³/mol. The highest BCUT2D eigenvalue weighted by atomic mass is 32.2. The van der Waals surface area contributed by atoms with Crippen LogP contribution in [-0.2, 0) is 0 Å². The summed E-state index contributed by atoms with van der Waals surface area (Å²) in [5, 5.41) is 0. The molecule has 1 rings (SSSR count). The maximum Gasteiger partial charge on any atom is 0.163 e. The molecule has 0 aliphatic carbocycles. The molecule has 0 unspecified atom stereocenters. The van der Waals surface area contributed by atoms with Crippen LogP contribution in [0.15, 0.2) is 18.2 Å². The van der Waals surface area contributed by atoms with Gasteiger partial charge in [0.05, 0.1) is 13.7 Å². The molecule has 2 N–H and O–H groups in total. The Morgan fingerprint density at radius 2 is 2.13 bits per heavy atom. The van der Waals surface area contributed by atoms with Crippen LogP contribution in [0.3, 0.4) is 0 Å². The largest absolute Gasteiger partial charge is 0.493 e. The fraction of sp³-hybridized carbons (Fsp3) is 0.455. The van der Waals surface area contributed by atoms with Crippen LogP contribution in [0, 0.1) is 0 Å². The zero-order chi connectivity index (χ0) is 11.1. The molecule has 0 aliphatic heterocycles. The normalized spacial score (nSPS) is 10.0. The fourth-order valence-electron chi connectivity index (χ4n) is 1.16. The summed E-state index contributed by atoms with van der Waals surface area (Å²) < 4.78 is 10.8. The van der Waals surface area contributed by atoms with Gasteiger partial charge in [-0.2, -0.15) is 11.8 Å². The molecule has 0 aliphatic rings. The summed E-state index contributed by atoms with van der Waals surface area (Å²) in [6, 6.07) is 5.40. The van der Waals surface area contributed by atoms with Gasteiger partial charge in [0.15, 0.2) is 11.5 Å². The van der Waals surface area contributed by atoms with Gasteiger partial charge in [0.25, 0.3) is 0 Å². The van der Waals surface area contributed by atoms with Crippen molar-refractivity contribution in [2.24, 2.45) is 0 Å². The number of nitrogen functional groups attached to an aromatic ring is 1. The highest BCUT2D eigenvalue weighted by Gasteiger charge is 2.03. The average molecular weight is 227 g/mol. The lowest BCUT2D eigenvalue weighted by molar-refractivity contribution is 0.314. The van der Waals surface area contributed by atoms with Gasteiger partial charge < -0.3 is 15.2 Å². The summed E-state index contributed by atoms with van der Waals surface area (Å²) in [4.78, 5) is 0. The summed E-state index contributed by atoms with van der Waals surface area (Å²) in [5.74, 6) is 3.53. The molecule has 1 aromatic carbocycles. The van der Waals surface area contributed by atoms with E-state index in [2.05, 4.69) is 6.92 Å².